The molecular weight excluding hydrogens is 292 g/mol. The number of ether oxygens (including phenoxy) is 1. The maximum Gasteiger partial charge on any atom is 0.171 e. The maximum absolute atomic E-state index is 11.4. The van der Waals surface area contributed by atoms with Crippen LogP contribution in [0.5, 0.6) is 5.75 Å². The van der Waals surface area contributed by atoms with Crippen molar-refractivity contribution in [2.75, 3.05) is 7.11 Å². The molecule has 3 heterocycles. The number of furan rings is 1. The number of carbonyl (C=O) groups is 1. The Balaban J connectivity index is 2.18. The number of Topliss-reactive ketones (excluding diaryl/α,β-unsaturated/α-hetero) is 1. The molecule has 3 aromatic heterocycles. The van der Waals surface area contributed by atoms with E-state index >= 15 is 0 Å². The van der Waals surface area contributed by atoms with Gasteiger partial charge >= 0.3 is 0 Å². The summed E-state index contributed by atoms with van der Waals surface area (Å²) in [6, 6.07) is 5.02. The topological polar surface area (TPSA) is 65.2 Å². The molecule has 0 aliphatic heterocycles. The summed E-state index contributed by atoms with van der Waals surface area (Å²) in [7, 11) is 1.51. The average Bonchev–Trinajstić information content (AvgIpc) is 2.91. The molecule has 0 bridgehead atoms. The lowest BCUT2D eigenvalue weighted by molar-refractivity contribution is 0.101. The maximum atomic E-state index is 11.4. The standard InChI is InChI=1S/C15H11ClN2O3/c1-8(19)9-5-12(20-2)14(18-7-9)13-6-11-15(21-13)10(16)3-4-17-11/h3-7H,1-2H3. The molecule has 3 rings (SSSR count). The number of carbonyl (C=O) groups excluding carboxylic acids is 1. The van der Waals surface area contributed by atoms with Crippen molar-refractivity contribution in [3.63, 3.8) is 0 Å². The van der Waals surface area contributed by atoms with E-state index in [2.05, 4.69) is 9.97 Å². The summed E-state index contributed by atoms with van der Waals surface area (Å²) >= 11 is 6.07. The Labute approximate surface area is 125 Å². The molecule has 106 valence electrons. The smallest absolute Gasteiger partial charge is 0.171 e. The Hall–Kier alpha value is -2.40. The van der Waals surface area contributed by atoms with Gasteiger partial charge in [0.15, 0.2) is 17.1 Å². The molecule has 0 fully saturated rings. The normalized spacial score (nSPS) is 10.8. The summed E-state index contributed by atoms with van der Waals surface area (Å²) in [6.07, 6.45) is 3.09. The van der Waals surface area contributed by atoms with Crippen LogP contribution in [0.3, 0.4) is 0 Å². The van der Waals surface area contributed by atoms with E-state index in [1.54, 1.807) is 24.4 Å². The number of aromatic nitrogens is 2. The Morgan fingerprint density at radius 3 is 2.81 bits per heavy atom. The lowest BCUT2D eigenvalue weighted by Gasteiger charge is -2.06. The van der Waals surface area contributed by atoms with Gasteiger partial charge < -0.3 is 9.15 Å². The predicted molar refractivity (Wildman–Crippen MR) is 78.8 cm³/mol. The number of nitrogens with zero attached hydrogens (tertiary/aromatic N) is 2. The lowest BCUT2D eigenvalue weighted by Crippen LogP contribution is -1.97. The van der Waals surface area contributed by atoms with E-state index in [1.165, 1.54) is 20.2 Å². The van der Waals surface area contributed by atoms with Gasteiger partial charge in [0, 0.05) is 24.0 Å². The molecule has 0 spiro atoms. The second-order valence-electron chi connectivity index (χ2n) is 4.45. The first-order valence-electron chi connectivity index (χ1n) is 6.19. The van der Waals surface area contributed by atoms with Crippen molar-refractivity contribution in [3.05, 3.63) is 41.2 Å². The molecular formula is C15H11ClN2O3. The first-order valence-corrected chi connectivity index (χ1v) is 6.57. The van der Waals surface area contributed by atoms with Crippen LogP contribution in [-0.2, 0) is 0 Å². The summed E-state index contributed by atoms with van der Waals surface area (Å²) in [4.78, 5) is 19.8. The number of pyridine rings is 2. The molecule has 0 unspecified atom stereocenters. The number of methoxy groups -OCH3 is 1. The van der Waals surface area contributed by atoms with Crippen LogP contribution in [0.1, 0.15) is 17.3 Å². The van der Waals surface area contributed by atoms with Gasteiger partial charge in [0.25, 0.3) is 0 Å². The van der Waals surface area contributed by atoms with E-state index in [-0.39, 0.29) is 5.78 Å². The van der Waals surface area contributed by atoms with Crippen molar-refractivity contribution in [1.29, 1.82) is 0 Å². The van der Waals surface area contributed by atoms with Crippen LogP contribution in [0.4, 0.5) is 0 Å². The molecule has 0 saturated heterocycles. The Morgan fingerprint density at radius 2 is 2.14 bits per heavy atom. The first-order chi connectivity index (χ1) is 10.1. The van der Waals surface area contributed by atoms with Gasteiger partial charge in [-0.25, -0.2) is 4.98 Å². The van der Waals surface area contributed by atoms with Crippen LogP contribution in [-0.4, -0.2) is 22.9 Å². The van der Waals surface area contributed by atoms with E-state index in [0.29, 0.717) is 38.9 Å². The molecule has 21 heavy (non-hydrogen) atoms. The zero-order valence-corrected chi connectivity index (χ0v) is 12.1. The third-order valence-electron chi connectivity index (χ3n) is 3.08. The summed E-state index contributed by atoms with van der Waals surface area (Å²) in [6.45, 7) is 1.47. The molecule has 0 N–H and O–H groups in total. The Kier molecular flexibility index (Phi) is 3.35. The highest BCUT2D eigenvalue weighted by Gasteiger charge is 2.16. The van der Waals surface area contributed by atoms with Gasteiger partial charge in [-0.05, 0) is 19.1 Å². The molecule has 0 aliphatic rings. The average molecular weight is 303 g/mol. The molecule has 0 aliphatic carbocycles. The van der Waals surface area contributed by atoms with Gasteiger partial charge in [0.1, 0.15) is 17.0 Å². The molecule has 5 nitrogen and oxygen atoms in total. The van der Waals surface area contributed by atoms with Crippen molar-refractivity contribution in [2.45, 2.75) is 6.92 Å². The molecule has 0 aromatic carbocycles. The summed E-state index contributed by atoms with van der Waals surface area (Å²) < 4.78 is 11.0. The van der Waals surface area contributed by atoms with Gasteiger partial charge in [-0.1, -0.05) is 11.6 Å². The monoisotopic (exact) mass is 302 g/mol. The second-order valence-corrected chi connectivity index (χ2v) is 4.86. The van der Waals surface area contributed by atoms with Crippen molar-refractivity contribution >= 4 is 28.5 Å². The first kappa shape index (κ1) is 13.6. The Bertz CT molecular complexity index is 842. The van der Waals surface area contributed by atoms with Gasteiger partial charge in [0.05, 0.1) is 12.1 Å². The van der Waals surface area contributed by atoms with Crippen LogP contribution in [0, 0.1) is 0 Å². The minimum absolute atomic E-state index is 0.0818. The van der Waals surface area contributed by atoms with Crippen LogP contribution >= 0.6 is 11.6 Å². The lowest BCUT2D eigenvalue weighted by atomic mass is 10.1. The Morgan fingerprint density at radius 1 is 1.33 bits per heavy atom. The third kappa shape index (κ3) is 2.36. The molecule has 0 radical (unpaired) electrons. The minimum atomic E-state index is -0.0818. The second kappa shape index (κ2) is 5.18. The van der Waals surface area contributed by atoms with Crippen molar-refractivity contribution in [3.8, 4) is 17.2 Å². The highest BCUT2D eigenvalue weighted by Crippen LogP contribution is 2.34. The molecule has 0 amide bonds. The molecule has 6 heteroatoms. The third-order valence-corrected chi connectivity index (χ3v) is 3.37. The van der Waals surface area contributed by atoms with E-state index < -0.39 is 0 Å². The molecule has 0 saturated carbocycles. The van der Waals surface area contributed by atoms with Crippen LogP contribution in [0.25, 0.3) is 22.6 Å². The fraction of sp³-hybridized carbons (Fsp3) is 0.133. The fourth-order valence-corrected chi connectivity index (χ4v) is 2.19. The van der Waals surface area contributed by atoms with E-state index in [4.69, 9.17) is 20.8 Å². The number of rotatable bonds is 3. The van der Waals surface area contributed by atoms with Crippen LogP contribution in [0.2, 0.25) is 5.02 Å². The van der Waals surface area contributed by atoms with Gasteiger partial charge in [-0.15, -0.1) is 0 Å². The van der Waals surface area contributed by atoms with Gasteiger partial charge in [-0.2, -0.15) is 0 Å². The van der Waals surface area contributed by atoms with Crippen molar-refractivity contribution in [1.82, 2.24) is 9.97 Å². The van der Waals surface area contributed by atoms with E-state index in [9.17, 15) is 4.79 Å². The largest absolute Gasteiger partial charge is 0.494 e. The zero-order valence-electron chi connectivity index (χ0n) is 11.4. The number of halogens is 1. The van der Waals surface area contributed by atoms with Crippen LogP contribution in [0.15, 0.2) is 35.0 Å². The van der Waals surface area contributed by atoms with Gasteiger partial charge in [0.2, 0.25) is 0 Å². The van der Waals surface area contributed by atoms with Crippen LogP contribution < -0.4 is 4.74 Å². The summed E-state index contributed by atoms with van der Waals surface area (Å²) in [5.41, 5.74) is 2.10. The number of hydrogen-bond donors (Lipinski definition) is 0. The number of ketones is 1. The van der Waals surface area contributed by atoms with Crippen molar-refractivity contribution < 1.29 is 13.9 Å². The quantitative estimate of drug-likeness (QED) is 0.689. The fourth-order valence-electron chi connectivity index (χ4n) is 2.00. The van der Waals surface area contributed by atoms with Gasteiger partial charge in [-0.3, -0.25) is 9.78 Å². The van der Waals surface area contributed by atoms with E-state index in [0.717, 1.165) is 0 Å². The highest BCUT2D eigenvalue weighted by molar-refractivity contribution is 6.34. The molecule has 3 aromatic rings. The number of fused-ring (bicyclic) bond motifs is 1. The van der Waals surface area contributed by atoms with Crippen molar-refractivity contribution in [2.24, 2.45) is 0 Å². The summed E-state index contributed by atoms with van der Waals surface area (Å²) in [5.74, 6) is 0.858. The zero-order chi connectivity index (χ0) is 15.0. The minimum Gasteiger partial charge on any atom is -0.494 e. The van der Waals surface area contributed by atoms with E-state index in [1.807, 2.05) is 0 Å². The molecule has 0 atom stereocenters. The highest BCUT2D eigenvalue weighted by atomic mass is 35.5. The number of hydrogen-bond acceptors (Lipinski definition) is 5. The SMILES string of the molecule is COc1cc(C(C)=O)cnc1-c1cc2nccc(Cl)c2o1. The summed E-state index contributed by atoms with van der Waals surface area (Å²) in [5, 5.41) is 0.477. The predicted octanol–water partition coefficient (Wildman–Crippen LogP) is 3.75.